The van der Waals surface area contributed by atoms with Gasteiger partial charge in [-0.15, -0.1) is 0 Å². The van der Waals surface area contributed by atoms with Gasteiger partial charge in [-0.1, -0.05) is 41.5 Å². The van der Waals surface area contributed by atoms with Gasteiger partial charge in [0.25, 0.3) is 0 Å². The van der Waals surface area contributed by atoms with Crippen molar-refractivity contribution in [2.75, 3.05) is 0 Å². The Kier molecular flexibility index (Phi) is 13.8. The van der Waals surface area contributed by atoms with E-state index in [4.69, 9.17) is 0 Å². The normalized spacial score (nSPS) is 50.8. The van der Waals surface area contributed by atoms with E-state index in [0.717, 1.165) is 51.4 Å². The SMILES string of the molecule is C[C@H](CCC(=O)[O-])[C@H]1CCC2C3C(CC[C@@]21C)[C@@]1(C)CC[C@H](O)CC1C[C@@H]3O.C[C@H](CCC(=O)[O-])[C@H]1CCC2C3C(CC[C@@]21C)[C@@]1(C)CC[C@H](O)CC1C[C@@H]3O.[Fe+2]. The average molecular weight is 839 g/mol. The Labute approximate surface area is 355 Å². The molecule has 0 aromatic heterocycles. The van der Waals surface area contributed by atoms with Crippen molar-refractivity contribution in [2.45, 2.75) is 194 Å². The number of aliphatic carboxylic acids is 2. The van der Waals surface area contributed by atoms with Gasteiger partial charge in [-0.25, -0.2) is 0 Å². The van der Waals surface area contributed by atoms with Crippen molar-refractivity contribution < 1.29 is 57.3 Å². The van der Waals surface area contributed by atoms with E-state index in [1.54, 1.807) is 0 Å². The van der Waals surface area contributed by atoms with Gasteiger partial charge in [-0.2, -0.15) is 0 Å². The summed E-state index contributed by atoms with van der Waals surface area (Å²) in [4.78, 5) is 21.9. The molecule has 9 heteroatoms. The van der Waals surface area contributed by atoms with Crippen molar-refractivity contribution in [2.24, 2.45) is 92.7 Å². The summed E-state index contributed by atoms with van der Waals surface area (Å²) in [6.07, 6.45) is 17.8. The minimum atomic E-state index is -0.934. The molecule has 8 saturated carbocycles. The quantitative estimate of drug-likeness (QED) is 0.208. The van der Waals surface area contributed by atoms with Gasteiger partial charge >= 0.3 is 17.1 Å². The summed E-state index contributed by atoms with van der Waals surface area (Å²) >= 11 is 0. The molecular weight excluding hydrogens is 760 g/mol. The Morgan fingerprint density at radius 2 is 0.860 bits per heavy atom. The maximum Gasteiger partial charge on any atom is 2.00 e. The van der Waals surface area contributed by atoms with Crippen molar-refractivity contribution >= 4 is 11.9 Å². The van der Waals surface area contributed by atoms with Gasteiger partial charge in [0.15, 0.2) is 0 Å². The van der Waals surface area contributed by atoms with E-state index in [0.29, 0.717) is 83.9 Å². The zero-order chi connectivity index (χ0) is 40.5. The number of carboxylic acid groups (broad SMARTS) is 2. The number of aliphatic hydroxyl groups excluding tert-OH is 4. The van der Waals surface area contributed by atoms with Gasteiger partial charge in [0.05, 0.1) is 24.4 Å². The number of rotatable bonds is 8. The van der Waals surface area contributed by atoms with Crippen LogP contribution in [0.3, 0.4) is 0 Å². The predicted octanol–water partition coefficient (Wildman–Crippen LogP) is 6.28. The minimum Gasteiger partial charge on any atom is -0.550 e. The second-order valence-electron chi connectivity index (χ2n) is 22.7. The Balaban J connectivity index is 0.000000189. The maximum atomic E-state index is 11.2. The molecule has 0 heterocycles. The van der Waals surface area contributed by atoms with Crippen LogP contribution < -0.4 is 10.2 Å². The number of aliphatic hydroxyl groups is 4. The first-order valence-electron chi connectivity index (χ1n) is 23.4. The number of carbonyl (C=O) groups excluding carboxylic acids is 2. The van der Waals surface area contributed by atoms with E-state index in [2.05, 4.69) is 41.5 Å². The van der Waals surface area contributed by atoms with E-state index in [1.807, 2.05) is 0 Å². The van der Waals surface area contributed by atoms with Crippen LogP contribution in [0.15, 0.2) is 0 Å². The van der Waals surface area contributed by atoms with E-state index < -0.39 is 11.9 Å². The number of hydrogen-bond acceptors (Lipinski definition) is 8. The topological polar surface area (TPSA) is 161 Å². The number of fused-ring (bicyclic) bond motifs is 10. The molecule has 0 spiro atoms. The average Bonchev–Trinajstić information content (AvgIpc) is 3.68. The molecule has 8 aliphatic rings. The Morgan fingerprint density at radius 1 is 0.526 bits per heavy atom. The molecule has 0 aromatic carbocycles. The standard InChI is InChI=1S/2C24H40O4.Fe/c2*1-14(4-7-21(27)28)17-5-6-18-22-19(9-11-24(17,18)3)23(2)10-8-16(25)12-15(23)13-20(22)26;/h2*14-20,22,25-26H,4-13H2,1-3H3,(H,27,28);/q;;+2/p-2/t2*14-,15?,16+,17-,18?,19?,20+,22?,23+,24-;/m11./s1. The fourth-order valence-electron chi connectivity index (χ4n) is 17.4. The van der Waals surface area contributed by atoms with Gasteiger partial charge < -0.3 is 40.2 Å². The largest absolute Gasteiger partial charge is 2.00 e. The van der Waals surface area contributed by atoms with Crippen LogP contribution in [0.5, 0.6) is 0 Å². The molecular formula is C48H78FeO8. The first kappa shape index (κ1) is 45.8. The smallest absolute Gasteiger partial charge is 0.550 e. The van der Waals surface area contributed by atoms with Crippen molar-refractivity contribution in [3.05, 3.63) is 0 Å². The Bertz CT molecular complexity index is 1320. The molecule has 4 N–H and O–H groups in total. The van der Waals surface area contributed by atoms with Crippen LogP contribution in [0.25, 0.3) is 0 Å². The van der Waals surface area contributed by atoms with Gasteiger partial charge in [0.1, 0.15) is 0 Å². The molecule has 326 valence electrons. The monoisotopic (exact) mass is 839 g/mol. The van der Waals surface area contributed by atoms with Gasteiger partial charge in [-0.3, -0.25) is 0 Å². The van der Waals surface area contributed by atoms with Crippen LogP contribution in [0.4, 0.5) is 0 Å². The maximum absolute atomic E-state index is 11.2. The third-order valence-electron chi connectivity index (χ3n) is 20.4. The summed E-state index contributed by atoms with van der Waals surface area (Å²) in [6.45, 7) is 14.2. The molecule has 0 radical (unpaired) electrons. The molecule has 8 aliphatic carbocycles. The Morgan fingerprint density at radius 3 is 1.21 bits per heavy atom. The first-order chi connectivity index (χ1) is 26.3. The van der Waals surface area contributed by atoms with Crippen LogP contribution in [0.1, 0.15) is 170 Å². The van der Waals surface area contributed by atoms with E-state index in [1.165, 1.54) is 51.4 Å². The number of carbonyl (C=O) groups is 2. The minimum absolute atomic E-state index is 0. The molecule has 8 unspecified atom stereocenters. The Hall–Kier alpha value is -0.701. The molecule has 57 heavy (non-hydrogen) atoms. The molecule has 8 fully saturated rings. The summed E-state index contributed by atoms with van der Waals surface area (Å²) < 4.78 is 0. The zero-order valence-corrected chi connectivity index (χ0v) is 37.3. The third kappa shape index (κ3) is 8.10. The van der Waals surface area contributed by atoms with Crippen LogP contribution in [-0.2, 0) is 26.7 Å². The van der Waals surface area contributed by atoms with Gasteiger partial charge in [0.2, 0.25) is 0 Å². The van der Waals surface area contributed by atoms with E-state index in [-0.39, 0.29) is 76.0 Å². The van der Waals surface area contributed by atoms with Crippen LogP contribution >= 0.6 is 0 Å². The molecule has 8 rings (SSSR count). The second kappa shape index (κ2) is 17.2. The summed E-state index contributed by atoms with van der Waals surface area (Å²) in [6, 6.07) is 0. The van der Waals surface area contributed by atoms with Crippen LogP contribution in [0, 0.1) is 92.7 Å². The van der Waals surface area contributed by atoms with Crippen molar-refractivity contribution in [1.29, 1.82) is 0 Å². The molecule has 0 aromatic rings. The first-order valence-corrected chi connectivity index (χ1v) is 23.4. The summed E-state index contributed by atoms with van der Waals surface area (Å²) in [7, 11) is 0. The molecule has 0 aliphatic heterocycles. The van der Waals surface area contributed by atoms with Gasteiger partial charge in [0, 0.05) is 11.9 Å². The second-order valence-corrected chi connectivity index (χ2v) is 22.7. The van der Waals surface area contributed by atoms with Gasteiger partial charge in [-0.05, 0) is 221 Å². The third-order valence-corrected chi connectivity index (χ3v) is 20.4. The fourth-order valence-corrected chi connectivity index (χ4v) is 17.4. The summed E-state index contributed by atoms with van der Waals surface area (Å²) in [5.74, 6) is 3.99. The summed E-state index contributed by atoms with van der Waals surface area (Å²) in [5.41, 5.74) is 0.988. The zero-order valence-electron chi connectivity index (χ0n) is 36.2. The van der Waals surface area contributed by atoms with Crippen LogP contribution in [0.2, 0.25) is 0 Å². The fraction of sp³-hybridized carbons (Fsp3) is 0.958. The predicted molar refractivity (Wildman–Crippen MR) is 212 cm³/mol. The summed E-state index contributed by atoms with van der Waals surface area (Å²) in [5, 5.41) is 64.7. The molecule has 0 bridgehead atoms. The van der Waals surface area contributed by atoms with Crippen molar-refractivity contribution in [3.63, 3.8) is 0 Å². The molecule has 8 nitrogen and oxygen atoms in total. The molecule has 0 saturated heterocycles. The van der Waals surface area contributed by atoms with E-state index >= 15 is 0 Å². The van der Waals surface area contributed by atoms with Crippen LogP contribution in [-0.4, -0.2) is 56.8 Å². The number of hydrogen-bond donors (Lipinski definition) is 4. The van der Waals surface area contributed by atoms with E-state index in [9.17, 15) is 40.2 Å². The number of carboxylic acids is 2. The van der Waals surface area contributed by atoms with Crippen molar-refractivity contribution in [1.82, 2.24) is 0 Å². The molecule has 20 atom stereocenters. The molecule has 0 amide bonds. The van der Waals surface area contributed by atoms with Crippen molar-refractivity contribution in [3.8, 4) is 0 Å².